The lowest BCUT2D eigenvalue weighted by atomic mass is 10.1. The maximum atomic E-state index is 13.1. The van der Waals surface area contributed by atoms with E-state index >= 15 is 0 Å². The summed E-state index contributed by atoms with van der Waals surface area (Å²) in [5.74, 6) is -0.443. The molecule has 6 heteroatoms. The van der Waals surface area contributed by atoms with E-state index in [4.69, 9.17) is 16.2 Å². The van der Waals surface area contributed by atoms with Crippen LogP contribution in [-0.4, -0.2) is 18.8 Å². The minimum Gasteiger partial charge on any atom is -0.377 e. The van der Waals surface area contributed by atoms with Gasteiger partial charge in [-0.15, -0.1) is 5.10 Å². The summed E-state index contributed by atoms with van der Waals surface area (Å²) in [4.78, 5) is 0. The Morgan fingerprint density at radius 1 is 1.44 bits per heavy atom. The van der Waals surface area contributed by atoms with Gasteiger partial charge in [0.15, 0.2) is 0 Å². The quantitative estimate of drug-likeness (QED) is 0.347. The van der Waals surface area contributed by atoms with Crippen molar-refractivity contribution in [2.24, 2.45) is 21.7 Å². The van der Waals surface area contributed by atoms with Crippen molar-refractivity contribution in [2.45, 2.75) is 20.0 Å². The molecule has 98 valence electrons. The first-order chi connectivity index (χ1) is 8.63. The Bertz CT molecular complexity index is 442. The highest BCUT2D eigenvalue weighted by Crippen LogP contribution is 2.11. The van der Waals surface area contributed by atoms with Crippen LogP contribution >= 0.6 is 0 Å². The fourth-order valence-electron chi connectivity index (χ4n) is 1.31. The monoisotopic (exact) mass is 252 g/mol. The fraction of sp³-hybridized carbons (Fsp3) is 0.333. The number of nitrogens with two attached hydrogens (primary N) is 2. The van der Waals surface area contributed by atoms with Crippen LogP contribution in [0.2, 0.25) is 0 Å². The van der Waals surface area contributed by atoms with Crippen molar-refractivity contribution in [1.29, 1.82) is 0 Å². The lowest BCUT2D eigenvalue weighted by molar-refractivity contribution is 0.121. The first-order valence-electron chi connectivity index (χ1n) is 5.61. The van der Waals surface area contributed by atoms with E-state index in [1.54, 1.807) is 6.07 Å². The van der Waals surface area contributed by atoms with Gasteiger partial charge in [0.1, 0.15) is 5.82 Å². The van der Waals surface area contributed by atoms with Crippen LogP contribution in [0, 0.1) is 5.82 Å². The summed E-state index contributed by atoms with van der Waals surface area (Å²) in [5.41, 5.74) is 11.7. The summed E-state index contributed by atoms with van der Waals surface area (Å²) < 4.78 is 18.5. The Labute approximate surface area is 105 Å². The zero-order chi connectivity index (χ0) is 13.4. The molecule has 0 aliphatic heterocycles. The normalized spacial score (nSPS) is 10.8. The Kier molecular flexibility index (Phi) is 5.79. The van der Waals surface area contributed by atoms with Crippen LogP contribution in [-0.2, 0) is 11.3 Å². The molecule has 0 heterocycles. The molecule has 5 nitrogen and oxygen atoms in total. The fourth-order valence-corrected chi connectivity index (χ4v) is 1.31. The van der Waals surface area contributed by atoms with Gasteiger partial charge in [-0.2, -0.15) is 5.10 Å². The molecule has 0 amide bonds. The summed E-state index contributed by atoms with van der Waals surface area (Å²) in [6.45, 7) is 2.96. The topological polar surface area (TPSA) is 86.0 Å². The van der Waals surface area contributed by atoms with Gasteiger partial charge in [-0.3, -0.25) is 0 Å². The van der Waals surface area contributed by atoms with Crippen molar-refractivity contribution in [3.05, 3.63) is 35.1 Å². The molecule has 0 unspecified atom stereocenters. The van der Waals surface area contributed by atoms with Gasteiger partial charge in [0, 0.05) is 12.2 Å². The molecule has 0 aliphatic rings. The van der Waals surface area contributed by atoms with Crippen LogP contribution in [0.25, 0.3) is 0 Å². The van der Waals surface area contributed by atoms with E-state index in [2.05, 4.69) is 10.2 Å². The van der Waals surface area contributed by atoms with Gasteiger partial charge in [0.05, 0.1) is 12.8 Å². The van der Waals surface area contributed by atoms with Crippen molar-refractivity contribution >= 4 is 12.2 Å². The van der Waals surface area contributed by atoms with E-state index in [0.29, 0.717) is 18.8 Å². The van der Waals surface area contributed by atoms with Gasteiger partial charge >= 0.3 is 0 Å². The molecular formula is C12H17FN4O. The number of halogens is 1. The van der Waals surface area contributed by atoms with E-state index < -0.39 is 0 Å². The molecule has 0 spiro atoms. The molecule has 0 radical (unpaired) electrons. The Balaban J connectivity index is 2.82. The third-order valence-electron chi connectivity index (χ3n) is 2.08. The average molecular weight is 252 g/mol. The number of ether oxygens (including phenoxy) is 1. The van der Waals surface area contributed by atoms with E-state index in [9.17, 15) is 4.39 Å². The van der Waals surface area contributed by atoms with Crippen LogP contribution in [0.15, 0.2) is 28.4 Å². The van der Waals surface area contributed by atoms with Crippen LogP contribution in [0.4, 0.5) is 4.39 Å². The molecule has 0 saturated carbocycles. The standard InChI is InChI=1S/C12H17FN4O/c1-2-5-18-8-10-6-11(13)4-3-9(10)7-16-17-12(14)15/h3-4,6-7H,2,5,8H2,1H3,(H4,14,15,17). The second-order valence-electron chi connectivity index (χ2n) is 3.67. The minimum absolute atomic E-state index is 0.128. The number of hydrogen-bond donors (Lipinski definition) is 2. The molecule has 4 N–H and O–H groups in total. The van der Waals surface area contributed by atoms with Gasteiger partial charge in [-0.1, -0.05) is 13.0 Å². The van der Waals surface area contributed by atoms with Gasteiger partial charge in [-0.05, 0) is 24.1 Å². The van der Waals surface area contributed by atoms with Crippen molar-refractivity contribution in [3.8, 4) is 0 Å². The highest BCUT2D eigenvalue weighted by atomic mass is 19.1. The maximum absolute atomic E-state index is 13.1. The molecule has 0 saturated heterocycles. The predicted molar refractivity (Wildman–Crippen MR) is 69.8 cm³/mol. The molecule has 0 bridgehead atoms. The lowest BCUT2D eigenvalue weighted by Gasteiger charge is -2.06. The number of benzene rings is 1. The summed E-state index contributed by atoms with van der Waals surface area (Å²) in [6, 6.07) is 4.36. The lowest BCUT2D eigenvalue weighted by Crippen LogP contribution is -2.21. The van der Waals surface area contributed by atoms with Crippen molar-refractivity contribution in [2.75, 3.05) is 6.61 Å². The first-order valence-corrected chi connectivity index (χ1v) is 5.61. The zero-order valence-electron chi connectivity index (χ0n) is 10.3. The second kappa shape index (κ2) is 7.39. The first kappa shape index (κ1) is 14.1. The number of hydrogen-bond acceptors (Lipinski definition) is 3. The summed E-state index contributed by atoms with van der Waals surface area (Å²) in [7, 11) is 0. The van der Waals surface area contributed by atoms with Crippen molar-refractivity contribution in [1.82, 2.24) is 0 Å². The van der Waals surface area contributed by atoms with Gasteiger partial charge in [-0.25, -0.2) is 4.39 Å². The zero-order valence-corrected chi connectivity index (χ0v) is 10.3. The predicted octanol–water partition coefficient (Wildman–Crippen LogP) is 1.36. The van der Waals surface area contributed by atoms with E-state index in [-0.39, 0.29) is 11.8 Å². The van der Waals surface area contributed by atoms with Crippen LogP contribution in [0.1, 0.15) is 24.5 Å². The Hall–Kier alpha value is -1.95. The van der Waals surface area contributed by atoms with Crippen molar-refractivity contribution < 1.29 is 9.13 Å². The maximum Gasteiger partial charge on any atom is 0.211 e. The SMILES string of the molecule is CCCOCc1cc(F)ccc1C=NN=C(N)N. The van der Waals surface area contributed by atoms with Gasteiger partial charge in [0.25, 0.3) is 0 Å². The third kappa shape index (κ3) is 4.92. The Morgan fingerprint density at radius 3 is 2.89 bits per heavy atom. The Morgan fingerprint density at radius 2 is 2.22 bits per heavy atom. The van der Waals surface area contributed by atoms with E-state index in [1.165, 1.54) is 18.3 Å². The van der Waals surface area contributed by atoms with Crippen LogP contribution < -0.4 is 11.5 Å². The highest BCUT2D eigenvalue weighted by molar-refractivity contribution is 5.83. The summed E-state index contributed by atoms with van der Waals surface area (Å²) in [6.07, 6.45) is 2.37. The largest absolute Gasteiger partial charge is 0.377 e. The molecular weight excluding hydrogens is 235 g/mol. The molecule has 0 atom stereocenters. The van der Waals surface area contributed by atoms with Crippen molar-refractivity contribution in [3.63, 3.8) is 0 Å². The van der Waals surface area contributed by atoms with Gasteiger partial charge in [0.2, 0.25) is 5.96 Å². The molecule has 18 heavy (non-hydrogen) atoms. The molecule has 1 rings (SSSR count). The van der Waals surface area contributed by atoms with Crippen LogP contribution in [0.3, 0.4) is 0 Å². The molecule has 1 aromatic carbocycles. The minimum atomic E-state index is -0.316. The summed E-state index contributed by atoms with van der Waals surface area (Å²) >= 11 is 0. The average Bonchev–Trinajstić information content (AvgIpc) is 2.32. The second-order valence-corrected chi connectivity index (χ2v) is 3.67. The molecule has 0 aliphatic carbocycles. The number of nitrogens with zero attached hydrogens (tertiary/aromatic N) is 2. The van der Waals surface area contributed by atoms with E-state index in [1.807, 2.05) is 6.92 Å². The molecule has 0 aromatic heterocycles. The van der Waals surface area contributed by atoms with E-state index in [0.717, 1.165) is 12.0 Å². The van der Waals surface area contributed by atoms with Crippen LogP contribution in [0.5, 0.6) is 0 Å². The third-order valence-corrected chi connectivity index (χ3v) is 2.08. The highest BCUT2D eigenvalue weighted by Gasteiger charge is 2.02. The number of rotatable bonds is 6. The van der Waals surface area contributed by atoms with Gasteiger partial charge < -0.3 is 16.2 Å². The number of guanidine groups is 1. The molecule has 0 fully saturated rings. The smallest absolute Gasteiger partial charge is 0.211 e. The summed E-state index contributed by atoms with van der Waals surface area (Å²) in [5, 5.41) is 7.18. The molecule has 1 aromatic rings.